The molecule has 7 amide bonds. The average Bonchev–Trinajstić information content (AvgIpc) is 1.62. The van der Waals surface area contributed by atoms with Crippen LogP contribution in [-0.2, 0) is 58.4 Å². The Morgan fingerprint density at radius 2 is 1.12 bits per heavy atom. The third kappa shape index (κ3) is 29.8. The summed E-state index contributed by atoms with van der Waals surface area (Å²) in [5.74, 6) is 1.13. The number of fused-ring (bicyclic) bond motifs is 3. The molecule has 3 fully saturated rings. The number of nitrogens with two attached hydrogens (primary N) is 3. The van der Waals surface area contributed by atoms with Crippen LogP contribution in [0, 0.1) is 0 Å². The van der Waals surface area contributed by atoms with E-state index in [2.05, 4.69) is 160 Å². The summed E-state index contributed by atoms with van der Waals surface area (Å²) in [4.78, 5) is 60.7. The normalized spacial score (nSPS) is 19.8. The van der Waals surface area contributed by atoms with Crippen molar-refractivity contribution in [3.63, 3.8) is 0 Å². The number of ether oxygens (including phenoxy) is 7. The fourth-order valence-corrected chi connectivity index (χ4v) is 13.8. The molecule has 5 heterocycles. The van der Waals surface area contributed by atoms with Gasteiger partial charge in [-0.1, -0.05) is 94.2 Å². The first-order valence-corrected chi connectivity index (χ1v) is 36.4. The molecule has 2 aromatic rings. The number of hydrogen-bond donors (Lipinski definition) is 10. The van der Waals surface area contributed by atoms with Gasteiger partial charge in [-0.3, -0.25) is 14.4 Å². The van der Waals surface area contributed by atoms with Gasteiger partial charge in [0.2, 0.25) is 23.4 Å². The SMILES string of the molecule is CC1NC(=O)NC1CCCCCC(=O)NCCOCCOCCOCCN.C[N+]1=C(C=CC=CC=C2N(CCCCCC(=O)NCOCCCN)c3ccccc3C2(C)C)C(C)(C)c2ccccc21.NCCOCCOCCOCCNC(=O)CCCCC1SCC2NC(=O)NC21. The number of carbonyl (C=O) groups is 5. The van der Waals surface area contributed by atoms with Crippen molar-refractivity contribution in [1.29, 1.82) is 0 Å². The maximum absolute atomic E-state index is 12.1. The molecular formula is C72H119N12O12S+. The molecule has 0 radical (unpaired) electrons. The molecule has 0 bridgehead atoms. The minimum atomic E-state index is -0.0859. The zero-order valence-corrected chi connectivity index (χ0v) is 59.9. The Hall–Kier alpha value is -5.97. The van der Waals surface area contributed by atoms with Gasteiger partial charge in [0.1, 0.15) is 13.8 Å². The number of unbranched alkanes of at least 4 members (excludes halogenated alkanes) is 5. The molecule has 25 heteroatoms. The van der Waals surface area contributed by atoms with Crippen LogP contribution in [0.25, 0.3) is 0 Å². The van der Waals surface area contributed by atoms with Crippen molar-refractivity contribution in [2.75, 3.05) is 150 Å². The van der Waals surface area contributed by atoms with Gasteiger partial charge in [-0.05, 0) is 90.0 Å². The molecule has 7 rings (SSSR count). The minimum Gasteiger partial charge on any atom is -0.378 e. The number of anilines is 1. The molecular weight excluding hydrogens is 1260 g/mol. The second-order valence-electron chi connectivity index (χ2n) is 25.7. The molecule has 0 aromatic heterocycles. The highest BCUT2D eigenvalue weighted by molar-refractivity contribution is 8.00. The van der Waals surface area contributed by atoms with E-state index < -0.39 is 0 Å². The predicted molar refractivity (Wildman–Crippen MR) is 386 cm³/mol. The number of benzene rings is 2. The number of para-hydroxylation sites is 2. The third-order valence-corrected chi connectivity index (χ3v) is 19.1. The topological polar surface area (TPSA) is 318 Å². The van der Waals surface area contributed by atoms with E-state index in [9.17, 15) is 24.0 Å². The summed E-state index contributed by atoms with van der Waals surface area (Å²) >= 11 is 1.91. The van der Waals surface area contributed by atoms with E-state index in [1.54, 1.807) is 0 Å². The van der Waals surface area contributed by atoms with Crippen LogP contribution >= 0.6 is 11.8 Å². The van der Waals surface area contributed by atoms with Crippen LogP contribution in [0.15, 0.2) is 84.6 Å². The van der Waals surface area contributed by atoms with Crippen molar-refractivity contribution in [2.45, 2.75) is 165 Å². The Bertz CT molecular complexity index is 2770. The van der Waals surface area contributed by atoms with Crippen LogP contribution in [0.3, 0.4) is 0 Å². The molecule has 0 aliphatic carbocycles. The summed E-state index contributed by atoms with van der Waals surface area (Å²) in [5.41, 5.74) is 23.8. The quantitative estimate of drug-likeness (QED) is 0.0112. The first-order valence-electron chi connectivity index (χ1n) is 35.4. The highest BCUT2D eigenvalue weighted by atomic mass is 32.2. The number of thioether (sulfide) groups is 1. The van der Waals surface area contributed by atoms with Crippen LogP contribution < -0.4 is 59.3 Å². The van der Waals surface area contributed by atoms with E-state index in [4.69, 9.17) is 50.4 Å². The summed E-state index contributed by atoms with van der Waals surface area (Å²) in [5, 5.41) is 20.7. The monoisotopic (exact) mass is 1380 g/mol. The Labute approximate surface area is 582 Å². The molecule has 3 saturated heterocycles. The molecule has 5 atom stereocenters. The van der Waals surface area contributed by atoms with Gasteiger partial charge >= 0.3 is 12.1 Å². The van der Waals surface area contributed by atoms with Gasteiger partial charge in [0.25, 0.3) is 0 Å². The molecule has 5 aliphatic rings. The van der Waals surface area contributed by atoms with Crippen molar-refractivity contribution in [3.8, 4) is 0 Å². The summed E-state index contributed by atoms with van der Waals surface area (Å²) in [6, 6.07) is 18.1. The zero-order chi connectivity index (χ0) is 69.9. The number of allylic oxidation sites excluding steroid dienone is 6. The Morgan fingerprint density at radius 1 is 0.577 bits per heavy atom. The van der Waals surface area contributed by atoms with Gasteiger partial charge in [0.05, 0.1) is 109 Å². The Kier molecular flexibility index (Phi) is 39.7. The molecule has 0 saturated carbocycles. The highest BCUT2D eigenvalue weighted by Gasteiger charge is 2.44. The number of amides is 7. The van der Waals surface area contributed by atoms with Crippen molar-refractivity contribution in [3.05, 3.63) is 95.7 Å². The van der Waals surface area contributed by atoms with E-state index >= 15 is 0 Å². The highest BCUT2D eigenvalue weighted by Crippen LogP contribution is 2.48. The number of nitrogens with zero attached hydrogens (tertiary/aromatic N) is 2. The molecule has 5 aliphatic heterocycles. The largest absolute Gasteiger partial charge is 0.378 e. The maximum Gasteiger partial charge on any atom is 0.315 e. The lowest BCUT2D eigenvalue weighted by molar-refractivity contribution is -0.401. The first-order chi connectivity index (χ1) is 47.0. The van der Waals surface area contributed by atoms with Crippen LogP contribution in [-0.4, -0.2) is 214 Å². The van der Waals surface area contributed by atoms with Gasteiger partial charge in [-0.2, -0.15) is 16.3 Å². The van der Waals surface area contributed by atoms with E-state index in [1.807, 2.05) is 18.7 Å². The van der Waals surface area contributed by atoms with Crippen molar-refractivity contribution in [2.24, 2.45) is 17.2 Å². The fraction of sp³-hybridized carbons (Fsp3) is 0.667. The van der Waals surface area contributed by atoms with Gasteiger partial charge in [-0.15, -0.1) is 0 Å². The smallest absolute Gasteiger partial charge is 0.315 e. The molecule has 0 spiro atoms. The van der Waals surface area contributed by atoms with E-state index in [-0.39, 0.29) is 71.5 Å². The zero-order valence-electron chi connectivity index (χ0n) is 59.1. The van der Waals surface area contributed by atoms with Crippen molar-refractivity contribution < 1.29 is 61.7 Å². The fourth-order valence-electron chi connectivity index (χ4n) is 12.3. The summed E-state index contributed by atoms with van der Waals surface area (Å²) in [6.07, 6.45) is 22.9. The minimum absolute atomic E-state index is 0.0288. The van der Waals surface area contributed by atoms with Crippen LogP contribution in [0.5, 0.6) is 0 Å². The lowest BCUT2D eigenvalue weighted by Crippen LogP contribution is -2.36. The van der Waals surface area contributed by atoms with Gasteiger partial charge < -0.3 is 92.5 Å². The third-order valence-electron chi connectivity index (χ3n) is 17.5. The molecule has 97 heavy (non-hydrogen) atoms. The van der Waals surface area contributed by atoms with Gasteiger partial charge in [0.15, 0.2) is 5.71 Å². The van der Waals surface area contributed by atoms with E-state index in [0.29, 0.717) is 143 Å². The van der Waals surface area contributed by atoms with Crippen molar-refractivity contribution in [1.82, 2.24) is 37.2 Å². The Balaban J connectivity index is 0.000000273. The number of hydrogen-bond acceptors (Lipinski definition) is 17. The summed E-state index contributed by atoms with van der Waals surface area (Å²) in [6.45, 7) is 21.9. The Morgan fingerprint density at radius 3 is 1.72 bits per heavy atom. The van der Waals surface area contributed by atoms with Crippen LogP contribution in [0.4, 0.5) is 21.0 Å². The number of rotatable bonds is 47. The first kappa shape index (κ1) is 81.7. The lowest BCUT2D eigenvalue weighted by atomic mass is 9.81. The number of urea groups is 2. The van der Waals surface area contributed by atoms with E-state index in [1.165, 1.54) is 33.9 Å². The number of nitrogens with one attached hydrogen (secondary N) is 7. The van der Waals surface area contributed by atoms with E-state index in [0.717, 1.165) is 82.9 Å². The maximum atomic E-state index is 12.1. The summed E-state index contributed by atoms with van der Waals surface area (Å²) < 4.78 is 39.5. The van der Waals surface area contributed by atoms with Crippen molar-refractivity contribution >= 4 is 58.6 Å². The molecule has 13 N–H and O–H groups in total. The van der Waals surface area contributed by atoms with Gasteiger partial charge in [-0.25, -0.2) is 9.59 Å². The molecule has 24 nitrogen and oxygen atoms in total. The van der Waals surface area contributed by atoms with Crippen LogP contribution in [0.1, 0.15) is 136 Å². The predicted octanol–water partition coefficient (Wildman–Crippen LogP) is 6.45. The second kappa shape index (κ2) is 47.1. The average molecular weight is 1380 g/mol. The lowest BCUT2D eigenvalue weighted by Gasteiger charge is -2.27. The standard InChI is InChI=1S/C36H48N4O2.C18H34N4O5S.C18H36N4O5/c1-35(2)28-17-11-13-19-30(28)39(5)32(35)21-8-6-9-22-33-36(3,4)29-18-12-14-20-31(29)40(33)25-15-7-10-23-34(41)38-27-42-26-16-24-37;19-5-7-25-9-11-27-12-10-26-8-6-20-16(23)4-2-1-3-15-17-14(13-28-15)21-18(24)22-17;1-15-16(22-18(24)21-15)5-3-2-4-6-17(23)20-8-10-26-12-14-27-13-11-25-9-7-19/h6,8-9,11-14,17-22H,7,10,15-16,23-27,37H2,1-5H3;14-15,17H,1-13,19H2,(H,20,23)(H2,21,22,24);15-16H,2-14,19H2,1H3,(H,20,23)(H2,21,22,24)/p+1. The molecule has 5 unspecified atom stereocenters. The molecule has 2 aromatic carbocycles. The summed E-state index contributed by atoms with van der Waals surface area (Å²) in [7, 11) is 2.15. The van der Waals surface area contributed by atoms with Gasteiger partial charge in [0, 0.05) is 104 Å². The van der Waals surface area contributed by atoms with Crippen LogP contribution in [0.2, 0.25) is 0 Å². The second-order valence-corrected chi connectivity index (χ2v) is 27.0. The molecule has 544 valence electrons. The number of carbonyl (C=O) groups excluding carboxylic acids is 5.